The Morgan fingerprint density at radius 1 is 0.651 bits per heavy atom. The molecule has 0 aliphatic rings. The predicted molar refractivity (Wildman–Crippen MR) is 168 cm³/mol. The van der Waals surface area contributed by atoms with E-state index in [0.29, 0.717) is 19.3 Å². The molecule has 0 aliphatic carbocycles. The molecule has 0 aromatic heterocycles. The van der Waals surface area contributed by atoms with Crippen LogP contribution in [0, 0.1) is 0 Å². The summed E-state index contributed by atoms with van der Waals surface area (Å²) in [5.41, 5.74) is 0. The van der Waals surface area contributed by atoms with Crippen LogP contribution in [0.15, 0.2) is 60.8 Å². The first-order valence-corrected chi connectivity index (χ1v) is 16.7. The molecule has 0 rings (SSSR count). The number of phosphoric acid groups is 1. The van der Waals surface area contributed by atoms with E-state index in [1.165, 1.54) is 0 Å². The Kier molecular flexibility index (Phi) is 26.9. The van der Waals surface area contributed by atoms with E-state index in [2.05, 4.69) is 55.5 Å². The van der Waals surface area contributed by atoms with E-state index >= 15 is 0 Å². The fraction of sp³-hybridized carbons (Fsp3) is 0.625. The number of phosphoric ester groups is 1. The summed E-state index contributed by atoms with van der Waals surface area (Å²) in [5, 5.41) is 18.8. The van der Waals surface area contributed by atoms with Gasteiger partial charge in [-0.05, 0) is 51.4 Å². The lowest BCUT2D eigenvalue weighted by Crippen LogP contribution is -2.28. The van der Waals surface area contributed by atoms with Gasteiger partial charge in [-0.3, -0.25) is 18.6 Å². The Balaban J connectivity index is 4.12. The number of allylic oxidation sites excluding steroid dienone is 10. The highest BCUT2D eigenvalue weighted by atomic mass is 31.2. The van der Waals surface area contributed by atoms with Crippen molar-refractivity contribution in [2.45, 2.75) is 103 Å². The molecule has 0 amide bonds. The molecular formula is C32H53O10P. The Morgan fingerprint density at radius 2 is 1.07 bits per heavy atom. The number of ether oxygens (including phenoxy) is 2. The molecule has 0 aliphatic heterocycles. The van der Waals surface area contributed by atoms with Gasteiger partial charge in [0.2, 0.25) is 0 Å². The van der Waals surface area contributed by atoms with Crippen LogP contribution in [-0.4, -0.2) is 65.7 Å². The monoisotopic (exact) mass is 628 g/mol. The van der Waals surface area contributed by atoms with E-state index in [0.717, 1.165) is 44.9 Å². The van der Waals surface area contributed by atoms with Crippen molar-refractivity contribution in [1.82, 2.24) is 0 Å². The quantitative estimate of drug-likeness (QED) is 0.0402. The van der Waals surface area contributed by atoms with Crippen molar-refractivity contribution in [1.29, 1.82) is 0 Å². The number of hydrogen-bond acceptors (Lipinski definition) is 9. The highest BCUT2D eigenvalue weighted by molar-refractivity contribution is 7.47. The third-order valence-electron chi connectivity index (χ3n) is 5.74. The Bertz CT molecular complexity index is 910. The van der Waals surface area contributed by atoms with Crippen molar-refractivity contribution in [3.8, 4) is 0 Å². The van der Waals surface area contributed by atoms with Gasteiger partial charge in [-0.25, -0.2) is 4.57 Å². The first-order chi connectivity index (χ1) is 20.8. The average Bonchev–Trinajstić information content (AvgIpc) is 2.99. The average molecular weight is 629 g/mol. The van der Waals surface area contributed by atoms with Crippen molar-refractivity contribution in [3.63, 3.8) is 0 Å². The van der Waals surface area contributed by atoms with Crippen LogP contribution in [0.2, 0.25) is 0 Å². The van der Waals surface area contributed by atoms with Gasteiger partial charge >= 0.3 is 19.8 Å². The van der Waals surface area contributed by atoms with E-state index in [1.54, 1.807) is 0 Å². The number of aliphatic hydroxyl groups excluding tert-OH is 2. The Hall–Kier alpha value is -2.33. The van der Waals surface area contributed by atoms with Gasteiger partial charge in [-0.2, -0.15) is 0 Å². The van der Waals surface area contributed by atoms with Gasteiger partial charge in [0, 0.05) is 12.8 Å². The van der Waals surface area contributed by atoms with Crippen LogP contribution in [0.1, 0.15) is 90.9 Å². The summed E-state index contributed by atoms with van der Waals surface area (Å²) >= 11 is 0. The van der Waals surface area contributed by atoms with Crippen LogP contribution in [0.25, 0.3) is 0 Å². The zero-order valence-electron chi connectivity index (χ0n) is 25.9. The molecule has 0 saturated heterocycles. The molecule has 43 heavy (non-hydrogen) atoms. The second kappa shape index (κ2) is 28.4. The molecule has 11 heteroatoms. The minimum atomic E-state index is -4.62. The summed E-state index contributed by atoms with van der Waals surface area (Å²) in [4.78, 5) is 33.7. The van der Waals surface area contributed by atoms with Crippen LogP contribution >= 0.6 is 7.82 Å². The number of carbonyl (C=O) groups excluding carboxylic acids is 2. The lowest BCUT2D eigenvalue weighted by molar-refractivity contribution is -0.153. The second-order valence-corrected chi connectivity index (χ2v) is 11.2. The lowest BCUT2D eigenvalue weighted by atomic mass is 10.2. The third-order valence-corrected chi connectivity index (χ3v) is 6.70. The molecule has 0 saturated carbocycles. The zero-order valence-corrected chi connectivity index (χ0v) is 26.8. The molecule has 10 nitrogen and oxygen atoms in total. The molecule has 0 fully saturated rings. The fourth-order valence-electron chi connectivity index (χ4n) is 3.38. The van der Waals surface area contributed by atoms with Crippen LogP contribution < -0.4 is 0 Å². The standard InChI is InChI=1S/C32H53O10P/c1-3-5-7-8-9-10-11-12-13-14-15-16-17-18-19-20-22-24-32(36)42-30(26-34)28-40-43(37,38)39-27-29(25-33)41-31(35)23-21-6-4-2/h5,7,9-10,12-13,15-16,18-19,29-30,33-34H,3-4,6,8,11,14,17,20-28H2,1-2H3,(H,37,38)/b7-5-,10-9-,13-12-,16-15-,19-18-. The minimum absolute atomic E-state index is 0.111. The van der Waals surface area contributed by atoms with Crippen LogP contribution in [0.3, 0.4) is 0 Å². The number of esters is 2. The van der Waals surface area contributed by atoms with E-state index in [9.17, 15) is 29.3 Å². The van der Waals surface area contributed by atoms with E-state index in [1.807, 2.05) is 19.1 Å². The van der Waals surface area contributed by atoms with Crippen LogP contribution in [0.5, 0.6) is 0 Å². The lowest BCUT2D eigenvalue weighted by Gasteiger charge is -2.20. The molecule has 0 radical (unpaired) electrons. The number of rotatable bonds is 27. The smallest absolute Gasteiger partial charge is 0.457 e. The van der Waals surface area contributed by atoms with E-state index in [4.69, 9.17) is 18.5 Å². The molecule has 0 aromatic rings. The molecule has 0 bridgehead atoms. The van der Waals surface area contributed by atoms with Gasteiger partial charge in [0.15, 0.2) is 0 Å². The molecule has 3 unspecified atom stereocenters. The molecular weight excluding hydrogens is 575 g/mol. The molecule has 0 aromatic carbocycles. The van der Waals surface area contributed by atoms with Crippen molar-refractivity contribution in [2.24, 2.45) is 0 Å². The summed E-state index contributed by atoms with van der Waals surface area (Å²) in [6.45, 7) is 1.75. The molecule has 0 spiro atoms. The van der Waals surface area contributed by atoms with Crippen LogP contribution in [-0.2, 0) is 32.7 Å². The van der Waals surface area contributed by atoms with Crippen molar-refractivity contribution in [3.05, 3.63) is 60.8 Å². The van der Waals surface area contributed by atoms with Crippen molar-refractivity contribution in [2.75, 3.05) is 26.4 Å². The highest BCUT2D eigenvalue weighted by Gasteiger charge is 2.27. The maximum atomic E-state index is 12.1. The Labute approximate surface area is 257 Å². The van der Waals surface area contributed by atoms with Crippen molar-refractivity contribution >= 4 is 19.8 Å². The molecule has 246 valence electrons. The molecule has 0 heterocycles. The first-order valence-electron chi connectivity index (χ1n) is 15.2. The summed E-state index contributed by atoms with van der Waals surface area (Å²) in [6.07, 6.45) is 27.4. The topological polar surface area (TPSA) is 149 Å². The molecule has 3 atom stereocenters. The van der Waals surface area contributed by atoms with Crippen molar-refractivity contribution < 1.29 is 47.8 Å². The number of carbonyl (C=O) groups is 2. The SMILES string of the molecule is CC/C=C\C/C=C\C/C=C\C/C=C\C/C=C\CCCC(=O)OC(CO)COP(=O)(O)OCC(CO)OC(=O)CCCCC. The summed E-state index contributed by atoms with van der Waals surface area (Å²) in [5.74, 6) is -1.11. The Morgan fingerprint density at radius 3 is 1.49 bits per heavy atom. The van der Waals surface area contributed by atoms with Gasteiger partial charge in [0.25, 0.3) is 0 Å². The van der Waals surface area contributed by atoms with Crippen LogP contribution in [0.4, 0.5) is 0 Å². The number of aliphatic hydroxyl groups is 2. The van der Waals surface area contributed by atoms with Gasteiger partial charge in [-0.15, -0.1) is 0 Å². The summed E-state index contributed by atoms with van der Waals surface area (Å²) in [7, 11) is -4.62. The maximum absolute atomic E-state index is 12.1. The third kappa shape index (κ3) is 27.0. The number of hydrogen-bond donors (Lipinski definition) is 3. The summed E-state index contributed by atoms with van der Waals surface area (Å²) in [6, 6.07) is 0. The fourth-order valence-corrected chi connectivity index (χ4v) is 4.17. The number of unbranched alkanes of at least 4 members (excludes halogenated alkanes) is 3. The summed E-state index contributed by atoms with van der Waals surface area (Å²) < 4.78 is 31.9. The first kappa shape index (κ1) is 40.7. The van der Waals surface area contributed by atoms with Gasteiger partial charge in [0.05, 0.1) is 26.4 Å². The van der Waals surface area contributed by atoms with E-state index < -0.39 is 58.4 Å². The second-order valence-electron chi connectivity index (χ2n) is 9.71. The highest BCUT2D eigenvalue weighted by Crippen LogP contribution is 2.43. The van der Waals surface area contributed by atoms with E-state index in [-0.39, 0.29) is 12.8 Å². The zero-order chi connectivity index (χ0) is 32.0. The molecule has 3 N–H and O–H groups in total. The minimum Gasteiger partial charge on any atom is -0.457 e. The van der Waals surface area contributed by atoms with Gasteiger partial charge in [-0.1, -0.05) is 87.4 Å². The maximum Gasteiger partial charge on any atom is 0.472 e. The predicted octanol–water partition coefficient (Wildman–Crippen LogP) is 6.43. The van der Waals surface area contributed by atoms with Gasteiger partial charge < -0.3 is 24.6 Å². The normalized spacial score (nSPS) is 15.2. The van der Waals surface area contributed by atoms with Gasteiger partial charge in [0.1, 0.15) is 12.2 Å². The largest absolute Gasteiger partial charge is 0.472 e.